The Kier molecular flexibility index (Phi) is 7.37. The number of hydrogen-bond donors (Lipinski definition) is 1. The van der Waals surface area contributed by atoms with Gasteiger partial charge in [-0.25, -0.2) is 8.42 Å². The molecule has 0 bridgehead atoms. The van der Waals surface area contributed by atoms with E-state index in [1.165, 1.54) is 7.11 Å². The minimum atomic E-state index is -3.68. The molecule has 1 unspecified atom stereocenters. The van der Waals surface area contributed by atoms with Crippen molar-refractivity contribution in [3.63, 3.8) is 0 Å². The Morgan fingerprint density at radius 1 is 1.14 bits per heavy atom. The molecule has 2 aromatic rings. The normalized spacial score (nSPS) is 12.2. The van der Waals surface area contributed by atoms with Crippen molar-refractivity contribution in [2.75, 3.05) is 31.3 Å². The summed E-state index contributed by atoms with van der Waals surface area (Å²) in [6.45, 7) is 3.19. The van der Waals surface area contributed by atoms with E-state index in [4.69, 9.17) is 21.1 Å². The molecule has 0 saturated carbocycles. The Balaban J connectivity index is 2.20. The van der Waals surface area contributed by atoms with Gasteiger partial charge >= 0.3 is 0 Å². The molecule has 0 heterocycles. The zero-order valence-corrected chi connectivity index (χ0v) is 18.6. The lowest BCUT2D eigenvalue weighted by atomic mass is 10.1. The number of carbonyl (C=O) groups is 1. The molecule has 1 N–H and O–H groups in total. The monoisotopic (exact) mass is 440 g/mol. The van der Waals surface area contributed by atoms with Gasteiger partial charge in [0.2, 0.25) is 15.9 Å². The van der Waals surface area contributed by atoms with E-state index >= 15 is 0 Å². The lowest BCUT2D eigenvalue weighted by Gasteiger charge is -2.25. The lowest BCUT2D eigenvalue weighted by molar-refractivity contribution is -0.120. The zero-order valence-electron chi connectivity index (χ0n) is 17.0. The molecule has 0 radical (unpaired) electrons. The summed E-state index contributed by atoms with van der Waals surface area (Å²) in [7, 11) is -0.602. The molecule has 2 rings (SSSR count). The van der Waals surface area contributed by atoms with Gasteiger partial charge < -0.3 is 14.8 Å². The van der Waals surface area contributed by atoms with Gasteiger partial charge in [-0.2, -0.15) is 0 Å². The SMILES string of the molecule is COc1ccc(C(C)NC(=O)CN(c2ccc(Cl)cc2C)S(C)(=O)=O)cc1OC. The van der Waals surface area contributed by atoms with Gasteiger partial charge in [-0.05, 0) is 55.3 Å². The molecule has 0 aliphatic heterocycles. The predicted molar refractivity (Wildman–Crippen MR) is 114 cm³/mol. The highest BCUT2D eigenvalue weighted by molar-refractivity contribution is 7.92. The third kappa shape index (κ3) is 5.77. The first-order valence-corrected chi connectivity index (χ1v) is 11.0. The molecule has 158 valence electrons. The summed E-state index contributed by atoms with van der Waals surface area (Å²) in [4.78, 5) is 12.6. The fourth-order valence-electron chi connectivity index (χ4n) is 2.90. The number of methoxy groups -OCH3 is 2. The van der Waals surface area contributed by atoms with Crippen molar-refractivity contribution in [3.8, 4) is 11.5 Å². The van der Waals surface area contributed by atoms with Crippen LogP contribution in [0.1, 0.15) is 24.1 Å². The number of sulfonamides is 1. The molecule has 0 aliphatic rings. The number of halogens is 1. The van der Waals surface area contributed by atoms with Crippen molar-refractivity contribution in [3.05, 3.63) is 52.5 Å². The molecule has 1 atom stereocenters. The molecule has 9 heteroatoms. The lowest BCUT2D eigenvalue weighted by Crippen LogP contribution is -2.41. The smallest absolute Gasteiger partial charge is 0.241 e. The summed E-state index contributed by atoms with van der Waals surface area (Å²) < 4.78 is 36.2. The molecule has 0 spiro atoms. The van der Waals surface area contributed by atoms with Crippen molar-refractivity contribution in [1.82, 2.24) is 5.32 Å². The van der Waals surface area contributed by atoms with Crippen LogP contribution < -0.4 is 19.1 Å². The largest absolute Gasteiger partial charge is 0.493 e. The summed E-state index contributed by atoms with van der Waals surface area (Å²) in [5.41, 5.74) is 1.86. The van der Waals surface area contributed by atoms with E-state index in [-0.39, 0.29) is 12.6 Å². The van der Waals surface area contributed by atoms with E-state index in [2.05, 4.69) is 5.32 Å². The van der Waals surface area contributed by atoms with Crippen LogP contribution >= 0.6 is 11.6 Å². The second kappa shape index (κ2) is 9.37. The minimum Gasteiger partial charge on any atom is -0.493 e. The van der Waals surface area contributed by atoms with Crippen LogP contribution in [0.4, 0.5) is 5.69 Å². The van der Waals surface area contributed by atoms with E-state index in [0.717, 1.165) is 16.1 Å². The van der Waals surface area contributed by atoms with E-state index in [9.17, 15) is 13.2 Å². The fourth-order valence-corrected chi connectivity index (χ4v) is 4.04. The Morgan fingerprint density at radius 2 is 1.79 bits per heavy atom. The molecule has 7 nitrogen and oxygen atoms in total. The van der Waals surface area contributed by atoms with Crippen molar-refractivity contribution < 1.29 is 22.7 Å². The summed E-state index contributed by atoms with van der Waals surface area (Å²) in [6.07, 6.45) is 1.06. The topological polar surface area (TPSA) is 84.9 Å². The van der Waals surface area contributed by atoms with Crippen LogP contribution in [0, 0.1) is 6.92 Å². The van der Waals surface area contributed by atoms with Gasteiger partial charge in [0, 0.05) is 5.02 Å². The average molecular weight is 441 g/mol. The highest BCUT2D eigenvalue weighted by Crippen LogP contribution is 2.30. The number of benzene rings is 2. The van der Waals surface area contributed by atoms with E-state index in [0.29, 0.717) is 27.8 Å². The Hall–Kier alpha value is -2.45. The number of carbonyl (C=O) groups excluding carboxylic acids is 1. The zero-order chi connectivity index (χ0) is 21.8. The van der Waals surface area contributed by atoms with Gasteiger partial charge in [0.1, 0.15) is 6.54 Å². The summed E-state index contributed by atoms with van der Waals surface area (Å²) in [5, 5.41) is 3.31. The van der Waals surface area contributed by atoms with Crippen LogP contribution in [0.15, 0.2) is 36.4 Å². The highest BCUT2D eigenvalue weighted by Gasteiger charge is 2.23. The van der Waals surface area contributed by atoms with Crippen LogP contribution in [0.5, 0.6) is 11.5 Å². The first-order valence-electron chi connectivity index (χ1n) is 8.82. The summed E-state index contributed by atoms with van der Waals surface area (Å²) in [5.74, 6) is 0.684. The van der Waals surface area contributed by atoms with Gasteiger partial charge in [0.15, 0.2) is 11.5 Å². The molecular weight excluding hydrogens is 416 g/mol. The highest BCUT2D eigenvalue weighted by atomic mass is 35.5. The molecule has 0 saturated heterocycles. The van der Waals surface area contributed by atoms with Gasteiger partial charge in [0.05, 0.1) is 32.2 Å². The number of nitrogens with one attached hydrogen (secondary N) is 1. The quantitative estimate of drug-likeness (QED) is 0.680. The first kappa shape index (κ1) is 22.8. The van der Waals surface area contributed by atoms with Crippen molar-refractivity contribution in [2.45, 2.75) is 19.9 Å². The van der Waals surface area contributed by atoms with Gasteiger partial charge in [0.25, 0.3) is 0 Å². The van der Waals surface area contributed by atoms with Crippen LogP contribution in [0.3, 0.4) is 0 Å². The Labute approximate surface area is 176 Å². The number of amides is 1. The Bertz CT molecular complexity index is 994. The van der Waals surface area contributed by atoms with E-state index < -0.39 is 15.9 Å². The third-order valence-electron chi connectivity index (χ3n) is 4.40. The molecule has 1 amide bonds. The van der Waals surface area contributed by atoms with Crippen LogP contribution in [-0.4, -0.2) is 41.3 Å². The maximum atomic E-state index is 12.6. The van der Waals surface area contributed by atoms with E-state index in [1.807, 2.05) is 6.07 Å². The molecular formula is C20H25ClN2O5S. The second-order valence-electron chi connectivity index (χ2n) is 6.60. The Morgan fingerprint density at radius 3 is 2.34 bits per heavy atom. The van der Waals surface area contributed by atoms with Crippen molar-refractivity contribution >= 4 is 33.2 Å². The molecule has 0 fully saturated rings. The van der Waals surface area contributed by atoms with Gasteiger partial charge in [-0.1, -0.05) is 17.7 Å². The summed E-state index contributed by atoms with van der Waals surface area (Å²) in [6, 6.07) is 9.78. The van der Waals surface area contributed by atoms with Gasteiger partial charge in [-0.3, -0.25) is 9.10 Å². The molecule has 2 aromatic carbocycles. The predicted octanol–water partition coefficient (Wildman–Crippen LogP) is 3.31. The summed E-state index contributed by atoms with van der Waals surface area (Å²) >= 11 is 5.96. The third-order valence-corrected chi connectivity index (χ3v) is 5.76. The maximum absolute atomic E-state index is 12.6. The minimum absolute atomic E-state index is 0.348. The molecule has 0 aliphatic carbocycles. The molecule has 0 aromatic heterocycles. The standard InChI is InChI=1S/C20H25ClN2O5S/c1-13-10-16(21)7-8-17(13)23(29(5,25)26)12-20(24)22-14(2)15-6-9-18(27-3)19(11-15)28-4/h6-11,14H,12H2,1-5H3,(H,22,24). The first-order chi connectivity index (χ1) is 13.6. The number of aryl methyl sites for hydroxylation is 1. The number of nitrogens with zero attached hydrogens (tertiary/aromatic N) is 1. The van der Waals surface area contributed by atoms with Crippen molar-refractivity contribution in [1.29, 1.82) is 0 Å². The second-order valence-corrected chi connectivity index (χ2v) is 8.95. The van der Waals surface area contributed by atoms with E-state index in [1.54, 1.807) is 51.3 Å². The average Bonchev–Trinajstić information content (AvgIpc) is 2.65. The fraction of sp³-hybridized carbons (Fsp3) is 0.350. The molecule has 29 heavy (non-hydrogen) atoms. The van der Waals surface area contributed by atoms with Crippen LogP contribution in [-0.2, 0) is 14.8 Å². The van der Waals surface area contributed by atoms with Crippen LogP contribution in [0.25, 0.3) is 0 Å². The maximum Gasteiger partial charge on any atom is 0.241 e. The number of hydrogen-bond acceptors (Lipinski definition) is 5. The number of ether oxygens (including phenoxy) is 2. The number of rotatable bonds is 8. The van der Waals surface area contributed by atoms with Crippen molar-refractivity contribution in [2.24, 2.45) is 0 Å². The number of anilines is 1. The van der Waals surface area contributed by atoms with Crippen LogP contribution in [0.2, 0.25) is 5.02 Å². The van der Waals surface area contributed by atoms with Gasteiger partial charge in [-0.15, -0.1) is 0 Å².